The molecule has 0 bridgehead atoms. The van der Waals surface area contributed by atoms with E-state index < -0.39 is 5.97 Å². The standard InChI is InChI=1S/C15H19NO4/c17-14(10-20-9-11-4-2-1-3-5-11)16-13-7-6-12(8-13)15(18)19/h1-5,12-13H,6-10H2,(H,16,17)(H,18,19)/t12-,13+/m0/s1. The smallest absolute Gasteiger partial charge is 0.306 e. The minimum absolute atomic E-state index is 0.00311. The number of carboxylic acid groups (broad SMARTS) is 1. The maximum atomic E-state index is 11.7. The summed E-state index contributed by atoms with van der Waals surface area (Å²) in [5.74, 6) is -1.29. The average molecular weight is 277 g/mol. The number of rotatable bonds is 6. The lowest BCUT2D eigenvalue weighted by Crippen LogP contribution is -2.35. The molecule has 0 radical (unpaired) electrons. The van der Waals surface area contributed by atoms with Gasteiger partial charge in [0.1, 0.15) is 6.61 Å². The van der Waals surface area contributed by atoms with Crippen molar-refractivity contribution in [3.8, 4) is 0 Å². The van der Waals surface area contributed by atoms with Crippen LogP contribution in [0.2, 0.25) is 0 Å². The van der Waals surface area contributed by atoms with Gasteiger partial charge in [0.15, 0.2) is 0 Å². The minimum atomic E-state index is -0.776. The molecular formula is C15H19NO4. The van der Waals surface area contributed by atoms with Crippen LogP contribution in [0.25, 0.3) is 0 Å². The maximum absolute atomic E-state index is 11.7. The topological polar surface area (TPSA) is 75.6 Å². The van der Waals surface area contributed by atoms with Crippen LogP contribution in [0.4, 0.5) is 0 Å². The van der Waals surface area contributed by atoms with Gasteiger partial charge in [0.05, 0.1) is 12.5 Å². The molecule has 1 aromatic carbocycles. The molecular weight excluding hydrogens is 258 g/mol. The fourth-order valence-corrected chi connectivity index (χ4v) is 2.44. The van der Waals surface area contributed by atoms with Gasteiger partial charge in [0.25, 0.3) is 0 Å². The lowest BCUT2D eigenvalue weighted by molar-refractivity contribution is -0.141. The molecule has 20 heavy (non-hydrogen) atoms. The van der Waals surface area contributed by atoms with Gasteiger partial charge >= 0.3 is 5.97 Å². The SMILES string of the molecule is O=C(COCc1ccccc1)N[C@@H]1CC[C@H](C(=O)O)C1. The Bertz CT molecular complexity index is 460. The highest BCUT2D eigenvalue weighted by Crippen LogP contribution is 2.25. The van der Waals surface area contributed by atoms with E-state index in [1.165, 1.54) is 0 Å². The van der Waals surface area contributed by atoms with Gasteiger partial charge in [-0.2, -0.15) is 0 Å². The molecule has 1 aliphatic rings. The molecule has 1 amide bonds. The normalized spacial score (nSPS) is 21.6. The summed E-state index contributed by atoms with van der Waals surface area (Å²) in [6, 6.07) is 9.60. The van der Waals surface area contributed by atoms with E-state index in [9.17, 15) is 9.59 Å². The number of hydrogen-bond donors (Lipinski definition) is 2. The Hall–Kier alpha value is -1.88. The van der Waals surface area contributed by atoms with Crippen LogP contribution in [0, 0.1) is 5.92 Å². The monoisotopic (exact) mass is 277 g/mol. The van der Waals surface area contributed by atoms with Gasteiger partial charge in [-0.15, -0.1) is 0 Å². The Morgan fingerprint density at radius 3 is 2.65 bits per heavy atom. The number of carboxylic acids is 1. The van der Waals surface area contributed by atoms with E-state index in [4.69, 9.17) is 9.84 Å². The Balaban J connectivity index is 1.65. The first kappa shape index (κ1) is 14.5. The van der Waals surface area contributed by atoms with E-state index in [1.807, 2.05) is 30.3 Å². The fourth-order valence-electron chi connectivity index (χ4n) is 2.44. The van der Waals surface area contributed by atoms with Gasteiger partial charge < -0.3 is 15.2 Å². The Morgan fingerprint density at radius 1 is 1.25 bits per heavy atom. The number of benzene rings is 1. The second-order valence-electron chi connectivity index (χ2n) is 5.09. The van der Waals surface area contributed by atoms with Crippen molar-refractivity contribution in [2.45, 2.75) is 31.9 Å². The van der Waals surface area contributed by atoms with E-state index >= 15 is 0 Å². The second-order valence-corrected chi connectivity index (χ2v) is 5.09. The van der Waals surface area contributed by atoms with Crippen LogP contribution in [0.5, 0.6) is 0 Å². The number of carbonyl (C=O) groups excluding carboxylic acids is 1. The van der Waals surface area contributed by atoms with Crippen LogP contribution in [0.1, 0.15) is 24.8 Å². The number of ether oxygens (including phenoxy) is 1. The van der Waals surface area contributed by atoms with Gasteiger partial charge in [-0.3, -0.25) is 9.59 Å². The molecule has 5 nitrogen and oxygen atoms in total. The van der Waals surface area contributed by atoms with Gasteiger partial charge in [-0.05, 0) is 24.8 Å². The second kappa shape index (κ2) is 7.05. The molecule has 0 spiro atoms. The van der Waals surface area contributed by atoms with Gasteiger partial charge in [-0.1, -0.05) is 30.3 Å². The molecule has 0 unspecified atom stereocenters. The van der Waals surface area contributed by atoms with Crippen LogP contribution in [0.15, 0.2) is 30.3 Å². The summed E-state index contributed by atoms with van der Waals surface area (Å²) >= 11 is 0. The molecule has 2 atom stereocenters. The Kier molecular flexibility index (Phi) is 5.12. The quantitative estimate of drug-likeness (QED) is 0.827. The Morgan fingerprint density at radius 2 is 2.00 bits per heavy atom. The van der Waals surface area contributed by atoms with Crippen molar-refractivity contribution >= 4 is 11.9 Å². The van der Waals surface area contributed by atoms with Crippen molar-refractivity contribution in [2.75, 3.05) is 6.61 Å². The number of aliphatic carboxylic acids is 1. The number of hydrogen-bond acceptors (Lipinski definition) is 3. The molecule has 0 aliphatic heterocycles. The summed E-state index contributed by atoms with van der Waals surface area (Å²) in [4.78, 5) is 22.5. The highest BCUT2D eigenvalue weighted by molar-refractivity contribution is 5.78. The predicted molar refractivity (Wildman–Crippen MR) is 73.0 cm³/mol. The van der Waals surface area contributed by atoms with E-state index in [2.05, 4.69) is 5.32 Å². The molecule has 1 fully saturated rings. The zero-order valence-electron chi connectivity index (χ0n) is 11.2. The number of carbonyl (C=O) groups is 2. The average Bonchev–Trinajstić information content (AvgIpc) is 2.88. The summed E-state index contributed by atoms with van der Waals surface area (Å²) in [6.45, 7) is 0.403. The summed E-state index contributed by atoms with van der Waals surface area (Å²) in [7, 11) is 0. The van der Waals surface area contributed by atoms with E-state index in [0.717, 1.165) is 12.0 Å². The highest BCUT2D eigenvalue weighted by Gasteiger charge is 2.30. The summed E-state index contributed by atoms with van der Waals surface area (Å²) in [5.41, 5.74) is 1.02. The maximum Gasteiger partial charge on any atom is 0.306 e. The molecule has 1 aliphatic carbocycles. The first-order valence-corrected chi connectivity index (χ1v) is 6.79. The molecule has 0 saturated heterocycles. The molecule has 2 N–H and O–H groups in total. The van der Waals surface area contributed by atoms with Crippen LogP contribution < -0.4 is 5.32 Å². The third kappa shape index (κ3) is 4.35. The van der Waals surface area contributed by atoms with Crippen molar-refractivity contribution in [2.24, 2.45) is 5.92 Å². The molecule has 0 aromatic heterocycles. The molecule has 1 aromatic rings. The third-order valence-corrected chi connectivity index (χ3v) is 3.49. The van der Waals surface area contributed by atoms with Gasteiger partial charge in [0, 0.05) is 6.04 Å². The zero-order chi connectivity index (χ0) is 14.4. The largest absolute Gasteiger partial charge is 0.481 e. The predicted octanol–water partition coefficient (Wildman–Crippen LogP) is 1.57. The van der Waals surface area contributed by atoms with Crippen LogP contribution in [-0.2, 0) is 20.9 Å². The van der Waals surface area contributed by atoms with Crippen molar-refractivity contribution in [3.05, 3.63) is 35.9 Å². The highest BCUT2D eigenvalue weighted by atomic mass is 16.5. The van der Waals surface area contributed by atoms with Crippen molar-refractivity contribution in [3.63, 3.8) is 0 Å². The minimum Gasteiger partial charge on any atom is -0.481 e. The van der Waals surface area contributed by atoms with Crippen molar-refractivity contribution in [1.82, 2.24) is 5.32 Å². The number of nitrogens with one attached hydrogen (secondary N) is 1. The van der Waals surface area contributed by atoms with Crippen LogP contribution >= 0.6 is 0 Å². The molecule has 5 heteroatoms. The first-order chi connectivity index (χ1) is 9.65. The van der Waals surface area contributed by atoms with E-state index in [0.29, 0.717) is 19.4 Å². The molecule has 0 heterocycles. The summed E-state index contributed by atoms with van der Waals surface area (Å²) < 4.78 is 5.34. The lowest BCUT2D eigenvalue weighted by Gasteiger charge is -2.12. The summed E-state index contributed by atoms with van der Waals surface area (Å²) in [6.07, 6.45) is 1.87. The summed E-state index contributed by atoms with van der Waals surface area (Å²) in [5, 5.41) is 11.7. The molecule has 2 rings (SSSR count). The fraction of sp³-hybridized carbons (Fsp3) is 0.467. The van der Waals surface area contributed by atoms with Gasteiger partial charge in [0.2, 0.25) is 5.91 Å². The molecule has 1 saturated carbocycles. The van der Waals surface area contributed by atoms with E-state index in [-0.39, 0.29) is 24.5 Å². The molecule has 108 valence electrons. The Labute approximate surface area is 117 Å². The number of amides is 1. The lowest BCUT2D eigenvalue weighted by atomic mass is 10.1. The van der Waals surface area contributed by atoms with Gasteiger partial charge in [-0.25, -0.2) is 0 Å². The van der Waals surface area contributed by atoms with Crippen LogP contribution in [0.3, 0.4) is 0 Å². The zero-order valence-corrected chi connectivity index (χ0v) is 11.2. The van der Waals surface area contributed by atoms with Crippen LogP contribution in [-0.4, -0.2) is 29.6 Å². The first-order valence-electron chi connectivity index (χ1n) is 6.79. The van der Waals surface area contributed by atoms with Crippen molar-refractivity contribution in [1.29, 1.82) is 0 Å². The van der Waals surface area contributed by atoms with E-state index in [1.54, 1.807) is 0 Å². The third-order valence-electron chi connectivity index (χ3n) is 3.49. The van der Waals surface area contributed by atoms with Crippen molar-refractivity contribution < 1.29 is 19.4 Å².